The third-order valence-electron chi connectivity index (χ3n) is 6.62. The molecule has 7 nitrogen and oxygen atoms in total. The molecule has 2 saturated heterocycles. The number of ether oxygens (including phenoxy) is 1. The predicted molar refractivity (Wildman–Crippen MR) is 121 cm³/mol. The van der Waals surface area contributed by atoms with Crippen LogP contribution in [-0.2, 0) is 11.2 Å². The number of methoxy groups -OCH3 is 1. The van der Waals surface area contributed by atoms with Crippen LogP contribution in [0, 0.1) is 6.92 Å². The van der Waals surface area contributed by atoms with Crippen LogP contribution in [-0.4, -0.2) is 59.9 Å². The number of aromatic nitrogens is 1. The van der Waals surface area contributed by atoms with Crippen LogP contribution in [0.3, 0.4) is 0 Å². The lowest BCUT2D eigenvalue weighted by Crippen LogP contribution is -2.38. The van der Waals surface area contributed by atoms with Gasteiger partial charge >= 0.3 is 0 Å². The van der Waals surface area contributed by atoms with E-state index in [1.54, 1.807) is 7.11 Å². The molecule has 2 aromatic rings. The molecular formula is C25H33N3O4. The van der Waals surface area contributed by atoms with Crippen molar-refractivity contribution in [3.8, 4) is 5.75 Å². The second-order valence-electron chi connectivity index (χ2n) is 8.82. The lowest BCUT2D eigenvalue weighted by Gasteiger charge is -2.30. The number of carbonyl (C=O) groups excluding carboxylic acids is 2. The van der Waals surface area contributed by atoms with Crippen LogP contribution >= 0.6 is 0 Å². The Bertz CT molecular complexity index is 940. The van der Waals surface area contributed by atoms with E-state index in [0.717, 1.165) is 50.1 Å². The van der Waals surface area contributed by atoms with Crippen LogP contribution in [0.5, 0.6) is 5.75 Å². The summed E-state index contributed by atoms with van der Waals surface area (Å²) in [6.07, 6.45) is 6.11. The van der Waals surface area contributed by atoms with Crippen LogP contribution in [0.25, 0.3) is 0 Å². The van der Waals surface area contributed by atoms with E-state index in [1.807, 2.05) is 41.0 Å². The predicted octanol–water partition coefficient (Wildman–Crippen LogP) is 3.96. The van der Waals surface area contributed by atoms with Crippen molar-refractivity contribution in [2.24, 2.45) is 0 Å². The fraction of sp³-hybridized carbons (Fsp3) is 0.560. The first-order valence-corrected chi connectivity index (χ1v) is 11.7. The maximum Gasteiger partial charge on any atom is 0.276 e. The van der Waals surface area contributed by atoms with E-state index >= 15 is 0 Å². The monoisotopic (exact) mass is 439 g/mol. The van der Waals surface area contributed by atoms with Gasteiger partial charge in [-0.1, -0.05) is 12.1 Å². The maximum atomic E-state index is 12.8. The molecule has 0 saturated carbocycles. The van der Waals surface area contributed by atoms with E-state index in [-0.39, 0.29) is 17.7 Å². The molecule has 172 valence electrons. The highest BCUT2D eigenvalue weighted by atomic mass is 16.5. The SMILES string of the molecule is COc1cccc(CCC(=O)N2CCC(c3nc(C(=O)N4CCCCC4)c(C)o3)CC2)c1. The zero-order valence-corrected chi connectivity index (χ0v) is 19.1. The Balaban J connectivity index is 1.29. The quantitative estimate of drug-likeness (QED) is 0.681. The van der Waals surface area contributed by atoms with Crippen LogP contribution in [0.1, 0.15) is 72.1 Å². The summed E-state index contributed by atoms with van der Waals surface area (Å²) in [6, 6.07) is 7.86. The second-order valence-corrected chi connectivity index (χ2v) is 8.82. The molecule has 32 heavy (non-hydrogen) atoms. The molecule has 0 atom stereocenters. The number of hydrogen-bond acceptors (Lipinski definition) is 5. The topological polar surface area (TPSA) is 75.9 Å². The lowest BCUT2D eigenvalue weighted by molar-refractivity contribution is -0.132. The van der Waals surface area contributed by atoms with E-state index in [0.29, 0.717) is 43.3 Å². The molecule has 1 aromatic carbocycles. The van der Waals surface area contributed by atoms with Crippen molar-refractivity contribution in [3.63, 3.8) is 0 Å². The average molecular weight is 440 g/mol. The van der Waals surface area contributed by atoms with Gasteiger partial charge in [0.25, 0.3) is 5.91 Å². The first-order chi connectivity index (χ1) is 15.5. The summed E-state index contributed by atoms with van der Waals surface area (Å²) in [5.74, 6) is 2.38. The van der Waals surface area contributed by atoms with Crippen LogP contribution in [0.4, 0.5) is 0 Å². The highest BCUT2D eigenvalue weighted by Crippen LogP contribution is 2.30. The molecule has 0 aliphatic carbocycles. The molecule has 3 heterocycles. The number of hydrogen-bond donors (Lipinski definition) is 0. The fourth-order valence-electron chi connectivity index (χ4n) is 4.65. The number of rotatable bonds is 6. The van der Waals surface area contributed by atoms with Crippen LogP contribution in [0.15, 0.2) is 28.7 Å². The summed E-state index contributed by atoms with van der Waals surface area (Å²) >= 11 is 0. The molecule has 7 heteroatoms. The molecule has 2 aliphatic heterocycles. The molecule has 0 spiro atoms. The number of oxazole rings is 1. The molecule has 2 aliphatic rings. The van der Waals surface area contributed by atoms with Gasteiger partial charge in [0.15, 0.2) is 11.6 Å². The Hall–Kier alpha value is -2.83. The standard InChI is InChI=1S/C25H33N3O4/c1-18-23(25(30)28-13-4-3-5-14-28)26-24(32-18)20-11-15-27(16-12-20)22(29)10-9-19-7-6-8-21(17-19)31-2/h6-8,17,20H,3-5,9-16H2,1-2H3. The molecular weight excluding hydrogens is 406 g/mol. The van der Waals surface area contributed by atoms with Gasteiger partial charge in [-0.15, -0.1) is 0 Å². The van der Waals surface area contributed by atoms with Crippen molar-refractivity contribution in [2.45, 2.75) is 57.8 Å². The molecule has 0 unspecified atom stereocenters. The van der Waals surface area contributed by atoms with Gasteiger partial charge in [0.2, 0.25) is 5.91 Å². The molecule has 2 amide bonds. The van der Waals surface area contributed by atoms with Crippen LogP contribution in [0.2, 0.25) is 0 Å². The normalized spacial score (nSPS) is 17.4. The summed E-state index contributed by atoms with van der Waals surface area (Å²) in [4.78, 5) is 34.0. The van der Waals surface area contributed by atoms with Crippen molar-refractivity contribution in [1.29, 1.82) is 0 Å². The summed E-state index contributed by atoms with van der Waals surface area (Å²) < 4.78 is 11.2. The van der Waals surface area contributed by atoms with Crippen LogP contribution < -0.4 is 4.74 Å². The minimum atomic E-state index is -0.0117. The number of likely N-dealkylation sites (tertiary alicyclic amines) is 2. The summed E-state index contributed by atoms with van der Waals surface area (Å²) in [5.41, 5.74) is 1.56. The number of piperidine rings is 2. The van der Waals surface area contributed by atoms with Gasteiger partial charge in [0.1, 0.15) is 11.5 Å². The third-order valence-corrected chi connectivity index (χ3v) is 6.62. The van der Waals surface area contributed by atoms with Crippen molar-refractivity contribution in [1.82, 2.24) is 14.8 Å². The molecule has 0 radical (unpaired) electrons. The van der Waals surface area contributed by atoms with Gasteiger partial charge in [-0.2, -0.15) is 0 Å². The van der Waals surface area contributed by atoms with E-state index in [4.69, 9.17) is 9.15 Å². The third kappa shape index (κ3) is 5.14. The average Bonchev–Trinajstić information content (AvgIpc) is 3.24. The van der Waals surface area contributed by atoms with Gasteiger partial charge < -0.3 is 19.0 Å². The molecule has 4 rings (SSSR count). The second kappa shape index (κ2) is 10.2. The highest BCUT2D eigenvalue weighted by Gasteiger charge is 2.30. The minimum Gasteiger partial charge on any atom is -0.497 e. The largest absolute Gasteiger partial charge is 0.497 e. The first kappa shape index (κ1) is 22.4. The molecule has 0 N–H and O–H groups in total. The van der Waals surface area contributed by atoms with Gasteiger partial charge in [0, 0.05) is 38.5 Å². The van der Waals surface area contributed by atoms with Gasteiger partial charge in [-0.25, -0.2) is 4.98 Å². The summed E-state index contributed by atoms with van der Waals surface area (Å²) in [6.45, 7) is 4.81. The van der Waals surface area contributed by atoms with Gasteiger partial charge in [-0.3, -0.25) is 9.59 Å². The number of carbonyl (C=O) groups is 2. The molecule has 1 aromatic heterocycles. The number of nitrogens with zero attached hydrogens (tertiary/aromatic N) is 3. The molecule has 2 fully saturated rings. The lowest BCUT2D eigenvalue weighted by atomic mass is 9.96. The smallest absolute Gasteiger partial charge is 0.276 e. The van der Waals surface area contributed by atoms with Gasteiger partial charge in [-0.05, 0) is 63.1 Å². The number of benzene rings is 1. The zero-order valence-electron chi connectivity index (χ0n) is 19.1. The van der Waals surface area contributed by atoms with E-state index < -0.39 is 0 Å². The van der Waals surface area contributed by atoms with Crippen molar-refractivity contribution < 1.29 is 18.7 Å². The Kier molecular flexibility index (Phi) is 7.12. The van der Waals surface area contributed by atoms with E-state index in [2.05, 4.69) is 4.98 Å². The van der Waals surface area contributed by atoms with Crippen molar-refractivity contribution in [3.05, 3.63) is 47.2 Å². The van der Waals surface area contributed by atoms with Crippen molar-refractivity contribution >= 4 is 11.8 Å². The highest BCUT2D eigenvalue weighted by molar-refractivity contribution is 5.93. The molecule has 0 bridgehead atoms. The maximum absolute atomic E-state index is 12.8. The Morgan fingerprint density at radius 1 is 1.09 bits per heavy atom. The first-order valence-electron chi connectivity index (χ1n) is 11.7. The Morgan fingerprint density at radius 2 is 1.84 bits per heavy atom. The van der Waals surface area contributed by atoms with E-state index in [9.17, 15) is 9.59 Å². The van der Waals surface area contributed by atoms with Gasteiger partial charge in [0.05, 0.1) is 7.11 Å². The zero-order chi connectivity index (χ0) is 22.5. The number of aryl methyl sites for hydroxylation is 2. The Morgan fingerprint density at radius 3 is 2.56 bits per heavy atom. The minimum absolute atomic E-state index is 0.0117. The summed E-state index contributed by atoms with van der Waals surface area (Å²) in [5, 5.41) is 0. The summed E-state index contributed by atoms with van der Waals surface area (Å²) in [7, 11) is 1.65. The number of amides is 2. The fourth-order valence-corrected chi connectivity index (χ4v) is 4.65. The van der Waals surface area contributed by atoms with Crippen molar-refractivity contribution in [2.75, 3.05) is 33.3 Å². The van der Waals surface area contributed by atoms with E-state index in [1.165, 1.54) is 6.42 Å². The Labute approximate surface area is 189 Å².